The highest BCUT2D eigenvalue weighted by Gasteiger charge is 2.70. The van der Waals surface area contributed by atoms with Crippen molar-refractivity contribution in [2.75, 3.05) is 0 Å². The highest BCUT2D eigenvalue weighted by atomic mass is 79.9. The van der Waals surface area contributed by atoms with E-state index in [1.165, 1.54) is 0 Å². The van der Waals surface area contributed by atoms with Gasteiger partial charge in [0.1, 0.15) is 0 Å². The van der Waals surface area contributed by atoms with E-state index >= 15 is 0 Å². The van der Waals surface area contributed by atoms with Crippen LogP contribution in [-0.2, 0) is 14.3 Å². The summed E-state index contributed by atoms with van der Waals surface area (Å²) in [4.78, 5) is 24.1. The van der Waals surface area contributed by atoms with E-state index in [-0.39, 0.29) is 40.1 Å². The Kier molecular flexibility index (Phi) is 1.68. The molecule has 0 aromatic carbocycles. The number of carbonyl (C=O) groups is 2. The minimum Gasteiger partial charge on any atom is -0.392 e. The normalized spacial score (nSPS) is 62.1. The molecular weight excluding hydrogens is 276 g/mol. The lowest BCUT2D eigenvalue weighted by Gasteiger charge is -2.36. The van der Waals surface area contributed by atoms with Gasteiger partial charge in [0.15, 0.2) is 23.8 Å². The fourth-order valence-corrected chi connectivity index (χ4v) is 4.95. The van der Waals surface area contributed by atoms with E-state index < -0.39 is 18.3 Å². The van der Waals surface area contributed by atoms with Crippen molar-refractivity contribution in [3.8, 4) is 0 Å². The molecule has 4 fully saturated rings. The van der Waals surface area contributed by atoms with Crippen LogP contribution in [0.4, 0.5) is 0 Å². The van der Waals surface area contributed by atoms with Crippen LogP contribution in [-0.4, -0.2) is 39.8 Å². The summed E-state index contributed by atoms with van der Waals surface area (Å²) in [6.07, 6.45) is -0.624. The van der Waals surface area contributed by atoms with Crippen molar-refractivity contribution >= 4 is 27.5 Å². The predicted octanol–water partition coefficient (Wildman–Crippen LogP) is -0.0879. The molecule has 0 radical (unpaired) electrons. The van der Waals surface area contributed by atoms with E-state index in [2.05, 4.69) is 15.9 Å². The number of aliphatic hydroxyl groups is 1. The summed E-state index contributed by atoms with van der Waals surface area (Å²) in [7, 11) is 0. The number of rotatable bonds is 0. The molecule has 4 rings (SSSR count). The van der Waals surface area contributed by atoms with Gasteiger partial charge in [-0.2, -0.15) is 0 Å². The fraction of sp³-hybridized carbons (Fsp3) is 0.818. The quantitative estimate of drug-likeness (QED) is 0.499. The molecule has 1 heterocycles. The zero-order chi connectivity index (χ0) is 11.2. The fourth-order valence-electron chi connectivity index (χ4n) is 4.01. The molecule has 0 amide bonds. The average Bonchev–Trinajstić information content (AvgIpc) is 2.90. The van der Waals surface area contributed by atoms with Crippen LogP contribution in [0.3, 0.4) is 0 Å². The maximum atomic E-state index is 12.1. The second kappa shape index (κ2) is 2.76. The van der Waals surface area contributed by atoms with Crippen LogP contribution >= 0.6 is 15.9 Å². The third kappa shape index (κ3) is 0.901. The Morgan fingerprint density at radius 3 is 2.31 bits per heavy atom. The van der Waals surface area contributed by atoms with Gasteiger partial charge in [0, 0.05) is 16.7 Å². The van der Waals surface area contributed by atoms with Crippen LogP contribution in [0, 0.1) is 23.7 Å². The molecule has 2 bridgehead atoms. The van der Waals surface area contributed by atoms with Crippen LogP contribution in [0.2, 0.25) is 0 Å². The van der Waals surface area contributed by atoms with Gasteiger partial charge in [0.05, 0.1) is 6.10 Å². The van der Waals surface area contributed by atoms with Crippen molar-refractivity contribution in [3.63, 3.8) is 0 Å². The Labute approximate surface area is 100 Å². The Morgan fingerprint density at radius 1 is 1.12 bits per heavy atom. The van der Waals surface area contributed by atoms with Gasteiger partial charge in [-0.25, -0.2) is 0 Å². The van der Waals surface area contributed by atoms with Crippen molar-refractivity contribution in [1.29, 1.82) is 0 Å². The highest BCUT2D eigenvalue weighted by molar-refractivity contribution is 9.09. The van der Waals surface area contributed by atoms with Crippen LogP contribution in [0.1, 0.15) is 6.42 Å². The molecule has 4 aliphatic rings. The van der Waals surface area contributed by atoms with E-state index in [4.69, 9.17) is 4.74 Å². The number of fused-ring (bicyclic) bond motifs is 6. The van der Waals surface area contributed by atoms with Gasteiger partial charge in [-0.15, -0.1) is 0 Å². The number of epoxide rings is 1. The molecule has 3 aliphatic carbocycles. The summed E-state index contributed by atoms with van der Waals surface area (Å²) in [5.41, 5.74) is 0. The van der Waals surface area contributed by atoms with E-state index in [9.17, 15) is 14.7 Å². The molecule has 16 heavy (non-hydrogen) atoms. The Hall–Kier alpha value is -0.260. The second-order valence-electron chi connectivity index (χ2n) is 5.33. The zero-order valence-electron chi connectivity index (χ0n) is 8.38. The number of alkyl halides is 1. The molecule has 1 N–H and O–H groups in total. The summed E-state index contributed by atoms with van der Waals surface area (Å²) in [5, 5.41) is 9.98. The lowest BCUT2D eigenvalue weighted by atomic mass is 9.69. The van der Waals surface area contributed by atoms with Gasteiger partial charge >= 0.3 is 0 Å². The first-order valence-electron chi connectivity index (χ1n) is 5.66. The monoisotopic (exact) mass is 286 g/mol. The van der Waals surface area contributed by atoms with Gasteiger partial charge in [-0.3, -0.25) is 9.59 Å². The van der Waals surface area contributed by atoms with Gasteiger partial charge in [-0.05, 0) is 18.3 Å². The first-order chi connectivity index (χ1) is 7.61. The number of ether oxygens (including phenoxy) is 1. The van der Waals surface area contributed by atoms with Crippen molar-refractivity contribution < 1.29 is 19.4 Å². The van der Waals surface area contributed by atoms with Gasteiger partial charge in [0.2, 0.25) is 0 Å². The summed E-state index contributed by atoms with van der Waals surface area (Å²) in [6.45, 7) is 0. The molecular formula is C11H11BrO4. The van der Waals surface area contributed by atoms with E-state index in [0.29, 0.717) is 0 Å². The predicted molar refractivity (Wildman–Crippen MR) is 56.0 cm³/mol. The number of carbonyl (C=O) groups excluding carboxylic acids is 2. The molecule has 0 aromatic rings. The number of ketones is 2. The van der Waals surface area contributed by atoms with E-state index in [0.717, 1.165) is 6.42 Å². The first-order valence-corrected chi connectivity index (χ1v) is 6.58. The standard InChI is InChI=1S/C11H11BrO4/c12-6-2-1-3(7(6)13)5-4(2)8(14)10-11(16-10)9(5)15/h2-7,10-11,13H,1H2. The third-order valence-electron chi connectivity index (χ3n) is 4.74. The molecule has 86 valence electrons. The third-order valence-corrected chi connectivity index (χ3v) is 5.96. The number of Topliss-reactive ketones (excluding diaryl/α,β-unsaturated/α-hetero) is 2. The zero-order valence-corrected chi connectivity index (χ0v) is 9.96. The molecule has 1 aliphatic heterocycles. The van der Waals surface area contributed by atoms with Gasteiger partial charge in [-0.1, -0.05) is 15.9 Å². The van der Waals surface area contributed by atoms with E-state index in [1.54, 1.807) is 0 Å². The van der Waals surface area contributed by atoms with Crippen LogP contribution in [0.25, 0.3) is 0 Å². The summed E-state index contributed by atoms with van der Waals surface area (Å²) >= 11 is 3.45. The second-order valence-corrected chi connectivity index (χ2v) is 6.39. The van der Waals surface area contributed by atoms with Crippen molar-refractivity contribution in [3.05, 3.63) is 0 Å². The molecule has 0 aromatic heterocycles. The number of aliphatic hydroxyl groups excluding tert-OH is 1. The average molecular weight is 287 g/mol. The molecule has 1 saturated heterocycles. The SMILES string of the molecule is O=C1C2OC2C(=O)C2C3CC(C(O)C3Br)C12. The molecule has 3 saturated carbocycles. The Balaban J connectivity index is 1.78. The highest BCUT2D eigenvalue weighted by Crippen LogP contribution is 2.59. The van der Waals surface area contributed by atoms with Crippen molar-refractivity contribution in [1.82, 2.24) is 0 Å². The van der Waals surface area contributed by atoms with Crippen molar-refractivity contribution in [2.45, 2.75) is 29.6 Å². The van der Waals surface area contributed by atoms with Gasteiger partial charge in [0.25, 0.3) is 0 Å². The van der Waals surface area contributed by atoms with Crippen LogP contribution < -0.4 is 0 Å². The number of hydrogen-bond acceptors (Lipinski definition) is 4. The number of halogens is 1. The molecule has 8 unspecified atom stereocenters. The lowest BCUT2D eigenvalue weighted by molar-refractivity contribution is -0.139. The van der Waals surface area contributed by atoms with Crippen LogP contribution in [0.15, 0.2) is 0 Å². The first kappa shape index (κ1) is 9.74. The Morgan fingerprint density at radius 2 is 1.69 bits per heavy atom. The lowest BCUT2D eigenvalue weighted by Crippen LogP contribution is -2.50. The maximum Gasteiger partial charge on any atom is 0.168 e. The number of hydrogen-bond donors (Lipinski definition) is 1. The van der Waals surface area contributed by atoms with Gasteiger partial charge < -0.3 is 9.84 Å². The summed E-state index contributed by atoms with van der Waals surface area (Å²) in [5.74, 6) is -0.245. The molecule has 8 atom stereocenters. The molecule has 5 heteroatoms. The minimum absolute atomic E-state index is 0.0363. The topological polar surface area (TPSA) is 66.9 Å². The molecule has 4 nitrogen and oxygen atoms in total. The van der Waals surface area contributed by atoms with E-state index in [1.807, 2.05) is 0 Å². The summed E-state index contributed by atoms with van der Waals surface area (Å²) in [6, 6.07) is 0. The largest absolute Gasteiger partial charge is 0.392 e. The van der Waals surface area contributed by atoms with Crippen LogP contribution in [0.5, 0.6) is 0 Å². The smallest absolute Gasteiger partial charge is 0.168 e. The Bertz CT molecular complexity index is 373. The molecule has 0 spiro atoms. The summed E-state index contributed by atoms with van der Waals surface area (Å²) < 4.78 is 5.14. The van der Waals surface area contributed by atoms with Crippen molar-refractivity contribution in [2.24, 2.45) is 23.7 Å². The maximum absolute atomic E-state index is 12.1. The minimum atomic E-state index is -0.488.